The first-order valence-corrected chi connectivity index (χ1v) is 7.04. The van der Waals surface area contributed by atoms with Gasteiger partial charge in [-0.05, 0) is 30.9 Å². The summed E-state index contributed by atoms with van der Waals surface area (Å²) in [5.74, 6) is 3.83. The van der Waals surface area contributed by atoms with E-state index in [2.05, 4.69) is 29.3 Å². The quantitative estimate of drug-likeness (QED) is 0.711. The third-order valence-electron chi connectivity index (χ3n) is 2.32. The van der Waals surface area contributed by atoms with Crippen LogP contribution in [0.15, 0.2) is 4.52 Å². The molecule has 1 aromatic rings. The Bertz CT molecular complexity index is 291. The second kappa shape index (κ2) is 7.68. The van der Waals surface area contributed by atoms with Crippen LogP contribution in [-0.4, -0.2) is 28.2 Å². The van der Waals surface area contributed by atoms with Gasteiger partial charge < -0.3 is 9.84 Å². The van der Waals surface area contributed by atoms with Crippen molar-refractivity contribution < 1.29 is 4.52 Å². The summed E-state index contributed by atoms with van der Waals surface area (Å²) in [5.41, 5.74) is 0. The summed E-state index contributed by atoms with van der Waals surface area (Å²) < 4.78 is 4.99. The van der Waals surface area contributed by atoms with Crippen LogP contribution in [0.1, 0.15) is 44.4 Å². The van der Waals surface area contributed by atoms with Gasteiger partial charge >= 0.3 is 0 Å². The molecule has 1 unspecified atom stereocenters. The fraction of sp³-hybridized carbons (Fsp3) is 0.818. The van der Waals surface area contributed by atoms with Crippen molar-refractivity contribution >= 4 is 11.8 Å². The second-order valence-corrected chi connectivity index (χ2v) is 5.03. The van der Waals surface area contributed by atoms with E-state index in [1.54, 1.807) is 0 Å². The molecule has 16 heavy (non-hydrogen) atoms. The molecule has 4 nitrogen and oxygen atoms in total. The summed E-state index contributed by atoms with van der Waals surface area (Å²) in [6.45, 7) is 7.15. The Kier molecular flexibility index (Phi) is 6.49. The van der Waals surface area contributed by atoms with Crippen LogP contribution in [0.2, 0.25) is 0 Å². The van der Waals surface area contributed by atoms with E-state index >= 15 is 0 Å². The highest BCUT2D eigenvalue weighted by atomic mass is 32.2. The maximum absolute atomic E-state index is 4.99. The summed E-state index contributed by atoms with van der Waals surface area (Å²) in [4.78, 5) is 4.25. The van der Waals surface area contributed by atoms with Crippen molar-refractivity contribution in [1.82, 2.24) is 15.5 Å². The first-order valence-electron chi connectivity index (χ1n) is 5.89. The van der Waals surface area contributed by atoms with E-state index in [1.165, 1.54) is 17.9 Å². The SMILES string of the molecule is CCSCCCNC(CC)c1noc(C)n1. The van der Waals surface area contributed by atoms with Gasteiger partial charge in [-0.15, -0.1) is 0 Å². The molecule has 0 amide bonds. The van der Waals surface area contributed by atoms with E-state index in [9.17, 15) is 0 Å². The van der Waals surface area contributed by atoms with E-state index in [1.807, 2.05) is 18.7 Å². The summed E-state index contributed by atoms with van der Waals surface area (Å²) >= 11 is 1.98. The zero-order chi connectivity index (χ0) is 11.8. The van der Waals surface area contributed by atoms with Crippen molar-refractivity contribution in [2.24, 2.45) is 0 Å². The van der Waals surface area contributed by atoms with Gasteiger partial charge in [-0.3, -0.25) is 0 Å². The Morgan fingerprint density at radius 3 is 2.81 bits per heavy atom. The molecule has 0 aliphatic carbocycles. The van der Waals surface area contributed by atoms with Crippen molar-refractivity contribution in [1.29, 1.82) is 0 Å². The van der Waals surface area contributed by atoms with E-state index in [0.717, 1.165) is 18.8 Å². The van der Waals surface area contributed by atoms with E-state index in [-0.39, 0.29) is 6.04 Å². The summed E-state index contributed by atoms with van der Waals surface area (Å²) in [5, 5.41) is 7.41. The highest BCUT2D eigenvalue weighted by Crippen LogP contribution is 2.12. The number of hydrogen-bond acceptors (Lipinski definition) is 5. The molecule has 0 spiro atoms. The average molecular weight is 243 g/mol. The lowest BCUT2D eigenvalue weighted by Crippen LogP contribution is -2.23. The Hall–Kier alpha value is -0.550. The Labute approximate surface area is 102 Å². The fourth-order valence-electron chi connectivity index (χ4n) is 1.47. The largest absolute Gasteiger partial charge is 0.340 e. The molecule has 0 aliphatic rings. The molecule has 1 atom stereocenters. The molecular formula is C11H21N3OS. The van der Waals surface area contributed by atoms with Crippen molar-refractivity contribution in [3.8, 4) is 0 Å². The number of nitrogens with zero attached hydrogens (tertiary/aromatic N) is 2. The smallest absolute Gasteiger partial charge is 0.223 e. The molecule has 0 bridgehead atoms. The monoisotopic (exact) mass is 243 g/mol. The van der Waals surface area contributed by atoms with Crippen LogP contribution >= 0.6 is 11.8 Å². The molecule has 0 aromatic carbocycles. The number of hydrogen-bond donors (Lipinski definition) is 1. The zero-order valence-electron chi connectivity index (χ0n) is 10.3. The van der Waals surface area contributed by atoms with Crippen molar-refractivity contribution in [2.75, 3.05) is 18.1 Å². The van der Waals surface area contributed by atoms with Crippen LogP contribution in [0.25, 0.3) is 0 Å². The molecule has 0 fully saturated rings. The first-order chi connectivity index (χ1) is 7.77. The third-order valence-corrected chi connectivity index (χ3v) is 3.31. The van der Waals surface area contributed by atoms with Crippen LogP contribution in [0, 0.1) is 6.92 Å². The van der Waals surface area contributed by atoms with E-state index in [4.69, 9.17) is 4.52 Å². The van der Waals surface area contributed by atoms with Gasteiger partial charge in [-0.2, -0.15) is 16.7 Å². The normalized spacial score (nSPS) is 12.9. The van der Waals surface area contributed by atoms with Crippen LogP contribution < -0.4 is 5.32 Å². The number of aryl methyl sites for hydroxylation is 1. The molecule has 0 radical (unpaired) electrons. The number of thioether (sulfide) groups is 1. The summed E-state index contributed by atoms with van der Waals surface area (Å²) in [6.07, 6.45) is 2.17. The van der Waals surface area contributed by atoms with Gasteiger partial charge in [0, 0.05) is 6.92 Å². The predicted octanol–water partition coefficient (Wildman–Crippen LogP) is 2.56. The van der Waals surface area contributed by atoms with Crippen LogP contribution in [0.4, 0.5) is 0 Å². The molecule has 1 N–H and O–H groups in total. The number of rotatable bonds is 8. The Morgan fingerprint density at radius 1 is 1.44 bits per heavy atom. The molecule has 1 rings (SSSR count). The molecule has 1 heterocycles. The number of nitrogens with one attached hydrogen (secondary N) is 1. The topological polar surface area (TPSA) is 51.0 Å². The third kappa shape index (κ3) is 4.53. The minimum Gasteiger partial charge on any atom is -0.340 e. The fourth-order valence-corrected chi connectivity index (χ4v) is 2.11. The lowest BCUT2D eigenvalue weighted by atomic mass is 10.2. The van der Waals surface area contributed by atoms with E-state index < -0.39 is 0 Å². The molecule has 5 heteroatoms. The second-order valence-electron chi connectivity index (χ2n) is 3.64. The summed E-state index contributed by atoms with van der Waals surface area (Å²) in [7, 11) is 0. The summed E-state index contributed by atoms with van der Waals surface area (Å²) in [6, 6.07) is 0.226. The standard InChI is InChI=1S/C11H21N3OS/c1-4-10(11-13-9(3)15-14-11)12-7-6-8-16-5-2/h10,12H,4-8H2,1-3H3. The first kappa shape index (κ1) is 13.5. The molecule has 1 aromatic heterocycles. The van der Waals surface area contributed by atoms with Gasteiger partial charge in [0.25, 0.3) is 0 Å². The predicted molar refractivity (Wildman–Crippen MR) is 67.7 cm³/mol. The Morgan fingerprint density at radius 2 is 2.25 bits per heavy atom. The zero-order valence-corrected chi connectivity index (χ0v) is 11.1. The lowest BCUT2D eigenvalue weighted by molar-refractivity contribution is 0.375. The number of aromatic nitrogens is 2. The maximum atomic E-state index is 4.99. The molecule has 0 saturated carbocycles. The average Bonchev–Trinajstić information content (AvgIpc) is 2.70. The molecule has 0 saturated heterocycles. The lowest BCUT2D eigenvalue weighted by Gasteiger charge is -2.12. The van der Waals surface area contributed by atoms with Crippen molar-refractivity contribution in [3.63, 3.8) is 0 Å². The highest BCUT2D eigenvalue weighted by molar-refractivity contribution is 7.99. The maximum Gasteiger partial charge on any atom is 0.223 e. The van der Waals surface area contributed by atoms with Gasteiger partial charge in [0.2, 0.25) is 5.89 Å². The van der Waals surface area contributed by atoms with Crippen LogP contribution in [0.3, 0.4) is 0 Å². The van der Waals surface area contributed by atoms with Gasteiger partial charge in [-0.25, -0.2) is 0 Å². The van der Waals surface area contributed by atoms with Crippen LogP contribution in [-0.2, 0) is 0 Å². The Balaban J connectivity index is 2.27. The van der Waals surface area contributed by atoms with Crippen molar-refractivity contribution in [2.45, 2.75) is 39.7 Å². The van der Waals surface area contributed by atoms with Gasteiger partial charge in [0.05, 0.1) is 6.04 Å². The van der Waals surface area contributed by atoms with Gasteiger partial charge in [0.1, 0.15) is 0 Å². The van der Waals surface area contributed by atoms with E-state index in [0.29, 0.717) is 5.89 Å². The van der Waals surface area contributed by atoms with Crippen LogP contribution in [0.5, 0.6) is 0 Å². The minimum atomic E-state index is 0.226. The minimum absolute atomic E-state index is 0.226. The van der Waals surface area contributed by atoms with Crippen molar-refractivity contribution in [3.05, 3.63) is 11.7 Å². The highest BCUT2D eigenvalue weighted by Gasteiger charge is 2.14. The molecular weight excluding hydrogens is 222 g/mol. The molecule has 0 aliphatic heterocycles. The van der Waals surface area contributed by atoms with Gasteiger partial charge in [0.15, 0.2) is 5.82 Å². The van der Waals surface area contributed by atoms with Gasteiger partial charge in [-0.1, -0.05) is 19.0 Å². The molecule has 92 valence electrons.